The van der Waals surface area contributed by atoms with E-state index in [2.05, 4.69) is 20.9 Å². The number of hydrogen-bond acceptors (Lipinski definition) is 6. The number of primary amides is 1. The average Bonchev–Trinajstić information content (AvgIpc) is 3.20. The Morgan fingerprint density at radius 1 is 1.30 bits per heavy atom. The van der Waals surface area contributed by atoms with E-state index in [9.17, 15) is 23.9 Å². The Bertz CT molecular complexity index is 972. The van der Waals surface area contributed by atoms with Crippen molar-refractivity contribution in [2.24, 2.45) is 22.6 Å². The van der Waals surface area contributed by atoms with Gasteiger partial charge in [-0.15, -0.1) is 0 Å². The second-order valence-corrected chi connectivity index (χ2v) is 9.58. The molecule has 33 heavy (non-hydrogen) atoms. The molecule has 180 valence electrons. The highest BCUT2D eigenvalue weighted by Gasteiger charge is 2.54. The molecule has 1 aromatic rings. The number of nitrogens with zero attached hydrogens (tertiary/aromatic N) is 1. The van der Waals surface area contributed by atoms with E-state index in [-0.39, 0.29) is 41.7 Å². The largest absolute Gasteiger partial charge is 0.389 e. The van der Waals surface area contributed by atoms with Gasteiger partial charge in [0.05, 0.1) is 23.0 Å². The van der Waals surface area contributed by atoms with Gasteiger partial charge in [0.25, 0.3) is 5.91 Å². The number of aliphatic hydroxyl groups is 1. The second-order valence-electron chi connectivity index (χ2n) is 9.17. The molecule has 3 rings (SSSR count). The lowest BCUT2D eigenvalue weighted by molar-refractivity contribution is -0.126. The van der Waals surface area contributed by atoms with E-state index in [1.807, 2.05) is 0 Å². The molecule has 2 aliphatic rings. The van der Waals surface area contributed by atoms with Crippen molar-refractivity contribution in [1.29, 1.82) is 0 Å². The number of nitrogens with one attached hydrogen (secondary N) is 3. The van der Waals surface area contributed by atoms with E-state index in [1.165, 1.54) is 12.1 Å². The molecule has 1 unspecified atom stereocenters. The number of carbonyl (C=O) groups is 3. The zero-order valence-electron chi connectivity index (χ0n) is 18.6. The van der Waals surface area contributed by atoms with Crippen molar-refractivity contribution in [3.05, 3.63) is 29.0 Å². The van der Waals surface area contributed by atoms with Crippen LogP contribution in [0.5, 0.6) is 0 Å². The van der Waals surface area contributed by atoms with Gasteiger partial charge >= 0.3 is 0 Å². The summed E-state index contributed by atoms with van der Waals surface area (Å²) in [6.45, 7) is 3.15. The van der Waals surface area contributed by atoms with Crippen LogP contribution in [-0.2, 0) is 14.4 Å². The summed E-state index contributed by atoms with van der Waals surface area (Å²) in [4.78, 5) is 42.3. The minimum atomic E-state index is -1.44. The molecule has 3 amide bonds. The van der Waals surface area contributed by atoms with Gasteiger partial charge in [0.15, 0.2) is 0 Å². The molecule has 0 aromatic heterocycles. The summed E-state index contributed by atoms with van der Waals surface area (Å²) in [7, 11) is 0. The molecule has 1 heterocycles. The SMILES string of the molecule is CC(C)(O)CNC(=O)C1=NCNC1(C(N)=O)C1CCC(C(=O)Nc2ccc(F)cc2Cl)CC1. The maximum Gasteiger partial charge on any atom is 0.267 e. The first-order valence-electron chi connectivity index (χ1n) is 10.8. The van der Waals surface area contributed by atoms with Gasteiger partial charge < -0.3 is 21.5 Å². The van der Waals surface area contributed by atoms with Crippen LogP contribution in [0.25, 0.3) is 0 Å². The van der Waals surface area contributed by atoms with Crippen molar-refractivity contribution in [2.45, 2.75) is 50.7 Å². The Morgan fingerprint density at radius 3 is 2.55 bits per heavy atom. The van der Waals surface area contributed by atoms with Crippen LogP contribution in [0.2, 0.25) is 5.02 Å². The summed E-state index contributed by atoms with van der Waals surface area (Å²) >= 11 is 5.99. The monoisotopic (exact) mass is 481 g/mol. The zero-order valence-corrected chi connectivity index (χ0v) is 19.3. The fourth-order valence-corrected chi connectivity index (χ4v) is 4.65. The molecule has 6 N–H and O–H groups in total. The van der Waals surface area contributed by atoms with Crippen molar-refractivity contribution in [3.63, 3.8) is 0 Å². The number of nitrogens with two attached hydrogens (primary N) is 1. The highest BCUT2D eigenvalue weighted by molar-refractivity contribution is 6.47. The molecule has 9 nitrogen and oxygen atoms in total. The van der Waals surface area contributed by atoms with E-state index in [4.69, 9.17) is 17.3 Å². The lowest BCUT2D eigenvalue weighted by Gasteiger charge is -2.39. The zero-order chi connectivity index (χ0) is 24.4. The summed E-state index contributed by atoms with van der Waals surface area (Å²) in [5.74, 6) is -2.68. The third-order valence-corrected chi connectivity index (χ3v) is 6.47. The molecular weight excluding hydrogens is 453 g/mol. The molecular formula is C22H29ClFN5O4. The van der Waals surface area contributed by atoms with Crippen LogP contribution in [0.15, 0.2) is 23.2 Å². The smallest absolute Gasteiger partial charge is 0.267 e. The fourth-order valence-electron chi connectivity index (χ4n) is 4.44. The van der Waals surface area contributed by atoms with E-state index in [1.54, 1.807) is 13.8 Å². The molecule has 0 radical (unpaired) electrons. The topological polar surface area (TPSA) is 146 Å². The Labute approximate surface area is 196 Å². The molecule has 1 aromatic carbocycles. The minimum absolute atomic E-state index is 0.00486. The number of carbonyl (C=O) groups excluding carboxylic acids is 3. The number of amides is 3. The van der Waals surface area contributed by atoms with Gasteiger partial charge in [-0.2, -0.15) is 0 Å². The van der Waals surface area contributed by atoms with E-state index < -0.39 is 28.8 Å². The first kappa shape index (κ1) is 25.1. The van der Waals surface area contributed by atoms with Gasteiger partial charge in [-0.1, -0.05) is 11.6 Å². The van der Waals surface area contributed by atoms with E-state index in [0.717, 1.165) is 6.07 Å². The summed E-state index contributed by atoms with van der Waals surface area (Å²) in [6.07, 6.45) is 1.85. The molecule has 11 heteroatoms. The molecule has 1 aliphatic carbocycles. The first-order valence-corrected chi connectivity index (χ1v) is 11.2. The third-order valence-electron chi connectivity index (χ3n) is 6.15. The van der Waals surface area contributed by atoms with Crippen LogP contribution >= 0.6 is 11.6 Å². The summed E-state index contributed by atoms with van der Waals surface area (Å²) in [6, 6.07) is 3.74. The predicted octanol–water partition coefficient (Wildman–Crippen LogP) is 1.34. The molecule has 1 fully saturated rings. The van der Waals surface area contributed by atoms with Crippen molar-refractivity contribution in [2.75, 3.05) is 18.5 Å². The van der Waals surface area contributed by atoms with E-state index in [0.29, 0.717) is 31.4 Å². The Hall–Kier alpha value is -2.56. The van der Waals surface area contributed by atoms with Crippen molar-refractivity contribution < 1.29 is 23.9 Å². The number of rotatable bonds is 7. The highest BCUT2D eigenvalue weighted by Crippen LogP contribution is 2.38. The maximum atomic E-state index is 13.2. The summed E-state index contributed by atoms with van der Waals surface area (Å²) in [5.41, 5.74) is 3.53. The van der Waals surface area contributed by atoms with Gasteiger partial charge in [0.1, 0.15) is 17.1 Å². The lowest BCUT2D eigenvalue weighted by Crippen LogP contribution is -2.66. The number of benzene rings is 1. The summed E-state index contributed by atoms with van der Waals surface area (Å²) in [5, 5.41) is 18.3. The van der Waals surface area contributed by atoms with Crippen LogP contribution in [0.1, 0.15) is 39.5 Å². The van der Waals surface area contributed by atoms with Crippen LogP contribution in [0.4, 0.5) is 10.1 Å². The number of hydrogen-bond donors (Lipinski definition) is 5. The molecule has 0 saturated heterocycles. The predicted molar refractivity (Wildman–Crippen MR) is 122 cm³/mol. The Balaban J connectivity index is 1.68. The quantitative estimate of drug-likeness (QED) is 0.399. The molecule has 1 aliphatic heterocycles. The third kappa shape index (κ3) is 5.51. The molecule has 1 saturated carbocycles. The second kappa shape index (κ2) is 9.74. The normalized spacial score (nSPS) is 25.3. The molecule has 0 spiro atoms. The number of aliphatic imine (C=N–C) groups is 1. The van der Waals surface area contributed by atoms with Crippen LogP contribution in [-0.4, -0.2) is 52.9 Å². The van der Waals surface area contributed by atoms with Crippen molar-refractivity contribution in [1.82, 2.24) is 10.6 Å². The van der Waals surface area contributed by atoms with Gasteiger partial charge in [-0.25, -0.2) is 4.39 Å². The minimum Gasteiger partial charge on any atom is -0.389 e. The maximum absolute atomic E-state index is 13.2. The molecule has 1 atom stereocenters. The van der Waals surface area contributed by atoms with Crippen LogP contribution in [0, 0.1) is 17.7 Å². The lowest BCUT2D eigenvalue weighted by atomic mass is 9.69. The number of halogens is 2. The first-order chi connectivity index (χ1) is 15.4. The summed E-state index contributed by atoms with van der Waals surface area (Å²) < 4.78 is 13.2. The Morgan fingerprint density at radius 2 is 1.97 bits per heavy atom. The average molecular weight is 482 g/mol. The van der Waals surface area contributed by atoms with Crippen molar-refractivity contribution >= 4 is 40.7 Å². The standard InChI is InChI=1S/C22H29ClFN5O4/c1-21(2,33)10-26-19(31)17-22(20(25)32,28-11-27-17)13-5-3-12(4-6-13)18(30)29-16-8-7-14(24)9-15(16)23/h7-9,12-13,28,33H,3-6,10-11H2,1-2H3,(H2,25,32)(H,26,31)(H,29,30). The van der Waals surface area contributed by atoms with Gasteiger partial charge in [-0.05, 0) is 63.6 Å². The Kier molecular flexibility index (Phi) is 7.40. The van der Waals surface area contributed by atoms with Gasteiger partial charge in [0, 0.05) is 12.5 Å². The van der Waals surface area contributed by atoms with Gasteiger partial charge in [0.2, 0.25) is 11.8 Å². The van der Waals surface area contributed by atoms with Crippen LogP contribution in [0.3, 0.4) is 0 Å². The van der Waals surface area contributed by atoms with Crippen LogP contribution < -0.4 is 21.7 Å². The fraction of sp³-hybridized carbons (Fsp3) is 0.545. The highest BCUT2D eigenvalue weighted by atomic mass is 35.5. The number of anilines is 1. The molecule has 0 bridgehead atoms. The van der Waals surface area contributed by atoms with Crippen molar-refractivity contribution in [3.8, 4) is 0 Å². The van der Waals surface area contributed by atoms with E-state index >= 15 is 0 Å². The van der Waals surface area contributed by atoms with Gasteiger partial charge in [-0.3, -0.25) is 24.7 Å².